The van der Waals surface area contributed by atoms with Crippen LogP contribution in [0.15, 0.2) is 42.6 Å². The van der Waals surface area contributed by atoms with Crippen LogP contribution in [0.4, 0.5) is 23.2 Å². The van der Waals surface area contributed by atoms with Gasteiger partial charge in [0.1, 0.15) is 22.9 Å². The number of aliphatic hydroxyl groups is 1. The summed E-state index contributed by atoms with van der Waals surface area (Å²) in [4.78, 5) is 7.99. The molecule has 1 atom stereocenters. The van der Waals surface area contributed by atoms with Crippen molar-refractivity contribution in [3.8, 4) is 5.75 Å². The Kier molecular flexibility index (Phi) is 5.84. The molecule has 0 aliphatic rings. The van der Waals surface area contributed by atoms with Crippen LogP contribution in [0, 0.1) is 12.7 Å². The number of rotatable bonds is 6. The summed E-state index contributed by atoms with van der Waals surface area (Å²) in [5.74, 6) is -0.377. The third kappa shape index (κ3) is 4.71. The highest BCUT2D eigenvalue weighted by Crippen LogP contribution is 2.42. The monoisotopic (exact) mass is 437 g/mol. The van der Waals surface area contributed by atoms with E-state index in [-0.39, 0.29) is 22.3 Å². The van der Waals surface area contributed by atoms with E-state index < -0.39 is 36.0 Å². The first-order chi connectivity index (χ1) is 14.3. The fourth-order valence-electron chi connectivity index (χ4n) is 3.59. The molecule has 3 rings (SSSR count). The van der Waals surface area contributed by atoms with E-state index in [1.54, 1.807) is 26.8 Å². The summed E-state index contributed by atoms with van der Waals surface area (Å²) < 4.78 is 55.9. The second-order valence-electron chi connectivity index (χ2n) is 8.27. The number of benzene rings is 2. The largest absolute Gasteiger partial charge is 0.508 e. The molecule has 166 valence electrons. The second kappa shape index (κ2) is 7.96. The summed E-state index contributed by atoms with van der Waals surface area (Å²) in [5, 5.41) is 23.2. The predicted octanol–water partition coefficient (Wildman–Crippen LogP) is 4.86. The zero-order chi connectivity index (χ0) is 23.0. The number of nitrogens with zero attached hydrogens (tertiary/aromatic N) is 2. The molecule has 0 saturated carbocycles. The molecule has 0 fully saturated rings. The van der Waals surface area contributed by atoms with Gasteiger partial charge in [0.15, 0.2) is 5.60 Å². The molecule has 1 aromatic heterocycles. The van der Waals surface area contributed by atoms with Crippen LogP contribution in [-0.4, -0.2) is 38.5 Å². The number of aromatic nitrogens is 2. The van der Waals surface area contributed by atoms with Gasteiger partial charge in [-0.15, -0.1) is 0 Å². The van der Waals surface area contributed by atoms with Crippen LogP contribution in [0.3, 0.4) is 0 Å². The molecule has 5 nitrogen and oxygen atoms in total. The Labute approximate surface area is 176 Å². The zero-order valence-corrected chi connectivity index (χ0v) is 17.3. The number of phenolic OH excluding ortho intramolecular Hbond substituents is 1. The lowest BCUT2D eigenvalue weighted by atomic mass is 9.74. The van der Waals surface area contributed by atoms with Crippen LogP contribution >= 0.6 is 0 Å². The van der Waals surface area contributed by atoms with Crippen molar-refractivity contribution in [2.75, 3.05) is 11.9 Å². The molecule has 31 heavy (non-hydrogen) atoms. The van der Waals surface area contributed by atoms with Crippen molar-refractivity contribution in [2.24, 2.45) is 0 Å². The lowest BCUT2D eigenvalue weighted by Gasteiger charge is -2.38. The SMILES string of the molecule is Cc1ncc2c(NCC(O)(CC(C)(C)c3cccc(O)c3)C(F)(F)F)ccc(F)c2n1. The predicted molar refractivity (Wildman–Crippen MR) is 109 cm³/mol. The molecule has 0 radical (unpaired) electrons. The molecule has 0 aliphatic heterocycles. The van der Waals surface area contributed by atoms with Gasteiger partial charge in [0.05, 0.1) is 6.54 Å². The van der Waals surface area contributed by atoms with Gasteiger partial charge in [-0.2, -0.15) is 13.2 Å². The average Bonchev–Trinajstić information content (AvgIpc) is 2.66. The van der Waals surface area contributed by atoms with Gasteiger partial charge >= 0.3 is 6.18 Å². The van der Waals surface area contributed by atoms with Gasteiger partial charge in [-0.1, -0.05) is 26.0 Å². The highest BCUT2D eigenvalue weighted by molar-refractivity contribution is 5.91. The van der Waals surface area contributed by atoms with E-state index in [2.05, 4.69) is 15.3 Å². The Bertz CT molecular complexity index is 1100. The van der Waals surface area contributed by atoms with Crippen LogP contribution in [0.1, 0.15) is 31.7 Å². The number of hydrogen-bond donors (Lipinski definition) is 3. The molecule has 9 heteroatoms. The van der Waals surface area contributed by atoms with Gasteiger partial charge in [0.2, 0.25) is 0 Å². The second-order valence-corrected chi connectivity index (χ2v) is 8.27. The summed E-state index contributed by atoms with van der Waals surface area (Å²) in [5.41, 5.74) is -3.61. The molecule has 0 spiro atoms. The first kappa shape index (κ1) is 22.7. The van der Waals surface area contributed by atoms with E-state index in [0.717, 1.165) is 6.07 Å². The normalized spacial score (nSPS) is 14.5. The number of nitrogens with one attached hydrogen (secondary N) is 1. The van der Waals surface area contributed by atoms with E-state index >= 15 is 0 Å². The van der Waals surface area contributed by atoms with Crippen molar-refractivity contribution in [1.29, 1.82) is 0 Å². The lowest BCUT2D eigenvalue weighted by molar-refractivity contribution is -0.260. The van der Waals surface area contributed by atoms with Crippen molar-refractivity contribution in [1.82, 2.24) is 9.97 Å². The molecule has 0 amide bonds. The minimum Gasteiger partial charge on any atom is -0.508 e. The molecule has 3 aromatic rings. The number of hydrogen-bond acceptors (Lipinski definition) is 5. The van der Waals surface area contributed by atoms with Gasteiger partial charge < -0.3 is 15.5 Å². The number of aryl methyl sites for hydroxylation is 1. The van der Waals surface area contributed by atoms with E-state index in [9.17, 15) is 27.8 Å². The minimum absolute atomic E-state index is 0.0202. The molecule has 0 saturated heterocycles. The summed E-state index contributed by atoms with van der Waals surface area (Å²) >= 11 is 0. The van der Waals surface area contributed by atoms with Gasteiger partial charge in [0.25, 0.3) is 0 Å². The molecule has 2 aromatic carbocycles. The van der Waals surface area contributed by atoms with E-state index in [4.69, 9.17) is 0 Å². The Morgan fingerprint density at radius 3 is 2.45 bits per heavy atom. The third-order valence-electron chi connectivity index (χ3n) is 5.28. The fraction of sp³-hybridized carbons (Fsp3) is 0.364. The van der Waals surface area contributed by atoms with Crippen LogP contribution in [0.25, 0.3) is 10.9 Å². The number of aromatic hydroxyl groups is 1. The van der Waals surface area contributed by atoms with E-state index in [0.29, 0.717) is 11.4 Å². The van der Waals surface area contributed by atoms with Gasteiger partial charge in [-0.3, -0.25) is 0 Å². The molecule has 1 heterocycles. The minimum atomic E-state index is -4.95. The van der Waals surface area contributed by atoms with Gasteiger partial charge in [0, 0.05) is 17.3 Å². The fourth-order valence-corrected chi connectivity index (χ4v) is 3.59. The maximum atomic E-state index is 14.1. The van der Waals surface area contributed by atoms with E-state index in [1.807, 2.05) is 0 Å². The number of halogens is 4. The number of anilines is 1. The standard InChI is InChI=1S/C22H23F4N3O2/c1-13-27-10-16-18(8-7-17(23)19(16)29-13)28-12-21(31,22(24,25)26)11-20(2,3)14-5-4-6-15(30)9-14/h4-10,28,30-31H,11-12H2,1-3H3. The third-order valence-corrected chi connectivity index (χ3v) is 5.28. The van der Waals surface area contributed by atoms with Crippen LogP contribution < -0.4 is 5.32 Å². The maximum absolute atomic E-state index is 14.1. The average molecular weight is 437 g/mol. The topological polar surface area (TPSA) is 78.3 Å². The Morgan fingerprint density at radius 1 is 1.10 bits per heavy atom. The summed E-state index contributed by atoms with van der Waals surface area (Å²) in [7, 11) is 0. The van der Waals surface area contributed by atoms with Crippen LogP contribution in [-0.2, 0) is 5.41 Å². The highest BCUT2D eigenvalue weighted by atomic mass is 19.4. The van der Waals surface area contributed by atoms with Crippen molar-refractivity contribution in [3.63, 3.8) is 0 Å². The van der Waals surface area contributed by atoms with Gasteiger partial charge in [-0.05, 0) is 48.6 Å². The molecule has 0 aliphatic carbocycles. The van der Waals surface area contributed by atoms with Gasteiger partial charge in [-0.25, -0.2) is 14.4 Å². The molecular formula is C22H23F4N3O2. The molecular weight excluding hydrogens is 414 g/mol. The highest BCUT2D eigenvalue weighted by Gasteiger charge is 2.55. The van der Waals surface area contributed by atoms with Crippen molar-refractivity contribution in [2.45, 2.75) is 44.4 Å². The summed E-state index contributed by atoms with van der Waals surface area (Å²) in [6.45, 7) is 3.82. The molecule has 3 N–H and O–H groups in total. The first-order valence-electron chi connectivity index (χ1n) is 9.57. The van der Waals surface area contributed by atoms with Crippen LogP contribution in [0.2, 0.25) is 0 Å². The van der Waals surface area contributed by atoms with Crippen LogP contribution in [0.5, 0.6) is 5.75 Å². The summed E-state index contributed by atoms with van der Waals surface area (Å²) in [6, 6.07) is 8.30. The Balaban J connectivity index is 1.92. The van der Waals surface area contributed by atoms with Crippen molar-refractivity contribution < 1.29 is 27.8 Å². The smallest absolute Gasteiger partial charge is 0.418 e. The Hall–Kier alpha value is -2.94. The molecule has 1 unspecified atom stereocenters. The molecule has 0 bridgehead atoms. The van der Waals surface area contributed by atoms with Crippen molar-refractivity contribution >= 4 is 16.6 Å². The quantitative estimate of drug-likeness (QED) is 0.480. The Morgan fingerprint density at radius 2 is 1.81 bits per heavy atom. The van der Waals surface area contributed by atoms with Crippen molar-refractivity contribution in [3.05, 3.63) is 59.8 Å². The number of fused-ring (bicyclic) bond motifs is 1. The number of alkyl halides is 3. The first-order valence-corrected chi connectivity index (χ1v) is 9.57. The number of phenols is 1. The zero-order valence-electron chi connectivity index (χ0n) is 17.3. The van der Waals surface area contributed by atoms with E-state index in [1.165, 1.54) is 30.5 Å². The lowest BCUT2D eigenvalue weighted by Crippen LogP contribution is -2.53. The summed E-state index contributed by atoms with van der Waals surface area (Å²) in [6.07, 6.45) is -4.29. The maximum Gasteiger partial charge on any atom is 0.418 e.